The Kier molecular flexibility index (Phi) is 5.74. The molecule has 2 heterocycles. The van der Waals surface area contributed by atoms with Gasteiger partial charge in [-0.2, -0.15) is 0 Å². The molecule has 3 unspecified atom stereocenters. The van der Waals surface area contributed by atoms with Gasteiger partial charge in [-0.1, -0.05) is 0 Å². The van der Waals surface area contributed by atoms with E-state index in [1.807, 2.05) is 4.90 Å². The Bertz CT molecular complexity index is 729. The van der Waals surface area contributed by atoms with Gasteiger partial charge in [0, 0.05) is 31.1 Å². The Morgan fingerprint density at radius 1 is 1.15 bits per heavy atom. The van der Waals surface area contributed by atoms with E-state index in [4.69, 9.17) is 5.73 Å². The highest BCUT2D eigenvalue weighted by Crippen LogP contribution is 2.40. The van der Waals surface area contributed by atoms with Crippen molar-refractivity contribution >= 4 is 11.8 Å². The van der Waals surface area contributed by atoms with Gasteiger partial charge in [0.05, 0.1) is 6.54 Å². The summed E-state index contributed by atoms with van der Waals surface area (Å²) in [5.41, 5.74) is 6.33. The predicted molar refractivity (Wildman–Crippen MR) is 93.1 cm³/mol. The maximum Gasteiger partial charge on any atom is 0.242 e. The molecule has 1 aromatic rings. The lowest BCUT2D eigenvalue weighted by atomic mass is 9.82. The molecule has 0 spiro atoms. The highest BCUT2D eigenvalue weighted by atomic mass is 19.2. The van der Waals surface area contributed by atoms with Crippen LogP contribution in [0.2, 0.25) is 0 Å². The second kappa shape index (κ2) is 7.88. The Morgan fingerprint density at radius 3 is 2.33 bits per heavy atom. The van der Waals surface area contributed by atoms with Gasteiger partial charge in [-0.15, -0.1) is 0 Å². The van der Waals surface area contributed by atoms with Crippen molar-refractivity contribution in [2.45, 2.75) is 57.2 Å². The monoisotopic (exact) mass is 383 g/mol. The average Bonchev–Trinajstić information content (AvgIpc) is 2.87. The van der Waals surface area contributed by atoms with Gasteiger partial charge < -0.3 is 16.0 Å². The molecule has 0 radical (unpaired) electrons. The van der Waals surface area contributed by atoms with E-state index in [9.17, 15) is 22.8 Å². The van der Waals surface area contributed by atoms with Crippen LogP contribution < -0.4 is 11.1 Å². The number of nitrogens with one attached hydrogen (secondary N) is 1. The number of fused-ring (bicyclic) bond motifs is 2. The third-order valence-corrected chi connectivity index (χ3v) is 5.70. The molecule has 2 aliphatic rings. The van der Waals surface area contributed by atoms with E-state index in [2.05, 4.69) is 5.32 Å². The summed E-state index contributed by atoms with van der Waals surface area (Å²) < 4.78 is 40.4. The van der Waals surface area contributed by atoms with Crippen molar-refractivity contribution in [2.24, 2.45) is 11.7 Å². The van der Waals surface area contributed by atoms with E-state index in [0.29, 0.717) is 18.9 Å². The first kappa shape index (κ1) is 19.7. The second-order valence-corrected chi connectivity index (χ2v) is 7.55. The number of hydrogen-bond acceptors (Lipinski definition) is 3. The van der Waals surface area contributed by atoms with Crippen LogP contribution in [0, 0.1) is 23.4 Å². The fourth-order valence-corrected chi connectivity index (χ4v) is 4.41. The number of benzene rings is 1. The number of nitrogens with two attached hydrogens (primary N) is 1. The maximum absolute atomic E-state index is 13.9. The number of carbonyl (C=O) groups is 2. The molecule has 8 heteroatoms. The number of nitrogens with zero attached hydrogens (tertiary/aromatic N) is 1. The van der Waals surface area contributed by atoms with Crippen molar-refractivity contribution < 1.29 is 22.8 Å². The third-order valence-electron chi connectivity index (χ3n) is 5.70. The summed E-state index contributed by atoms with van der Waals surface area (Å²) in [6.45, 7) is 1.35. The molecule has 3 atom stereocenters. The zero-order chi connectivity index (χ0) is 19.7. The molecule has 2 bridgehead atoms. The van der Waals surface area contributed by atoms with Gasteiger partial charge in [0.1, 0.15) is 5.82 Å². The molecule has 3 rings (SSSR count). The number of halogens is 3. The molecule has 5 nitrogen and oxygen atoms in total. The quantitative estimate of drug-likeness (QED) is 0.763. The van der Waals surface area contributed by atoms with Gasteiger partial charge >= 0.3 is 0 Å². The molecular weight excluding hydrogens is 359 g/mol. The normalized spacial score (nSPS) is 25.4. The van der Waals surface area contributed by atoms with Crippen molar-refractivity contribution in [1.82, 2.24) is 10.2 Å². The van der Waals surface area contributed by atoms with Gasteiger partial charge in [0.25, 0.3) is 0 Å². The van der Waals surface area contributed by atoms with E-state index in [0.717, 1.165) is 18.9 Å². The molecule has 0 aliphatic carbocycles. The van der Waals surface area contributed by atoms with Crippen LogP contribution in [0.3, 0.4) is 0 Å². The molecule has 27 heavy (non-hydrogen) atoms. The maximum atomic E-state index is 13.9. The first-order chi connectivity index (χ1) is 12.8. The van der Waals surface area contributed by atoms with Crippen LogP contribution in [-0.2, 0) is 16.0 Å². The molecule has 1 aromatic carbocycles. The van der Waals surface area contributed by atoms with Gasteiger partial charge in [0.15, 0.2) is 11.6 Å². The standard InChI is InChI=1S/C19H24F3N3O2/c1-10(26)24-9-19(27)25-13-2-3-14(25)5-12(4-13)18(23)7-11-6-16(21)17(22)8-15(11)20/h6,8,12-14,18H,2-5,7,9,23H2,1H3,(H,24,26). The largest absolute Gasteiger partial charge is 0.347 e. The number of rotatable bonds is 5. The van der Waals surface area contributed by atoms with Gasteiger partial charge in [-0.3, -0.25) is 9.59 Å². The highest BCUT2D eigenvalue weighted by Gasteiger charge is 2.44. The van der Waals surface area contributed by atoms with Crippen LogP contribution in [0.15, 0.2) is 12.1 Å². The number of carbonyl (C=O) groups excluding carboxylic acids is 2. The minimum atomic E-state index is -1.21. The lowest BCUT2D eigenvalue weighted by Crippen LogP contribution is -2.52. The Morgan fingerprint density at radius 2 is 1.74 bits per heavy atom. The molecular formula is C19H24F3N3O2. The van der Waals surface area contributed by atoms with Crippen molar-refractivity contribution in [2.75, 3.05) is 6.54 Å². The van der Waals surface area contributed by atoms with Crippen molar-refractivity contribution in [3.05, 3.63) is 35.1 Å². The summed E-state index contributed by atoms with van der Waals surface area (Å²) in [5.74, 6) is -3.38. The summed E-state index contributed by atoms with van der Waals surface area (Å²) in [6, 6.07) is 1.11. The van der Waals surface area contributed by atoms with Crippen molar-refractivity contribution in [1.29, 1.82) is 0 Å². The van der Waals surface area contributed by atoms with E-state index in [1.165, 1.54) is 6.92 Å². The average molecular weight is 383 g/mol. The summed E-state index contributed by atoms with van der Waals surface area (Å²) in [7, 11) is 0. The van der Waals surface area contributed by atoms with Crippen LogP contribution >= 0.6 is 0 Å². The summed E-state index contributed by atoms with van der Waals surface area (Å²) in [6.07, 6.45) is 3.25. The fraction of sp³-hybridized carbons (Fsp3) is 0.579. The zero-order valence-corrected chi connectivity index (χ0v) is 15.2. The molecule has 3 N–H and O–H groups in total. The number of piperidine rings is 1. The molecule has 2 saturated heterocycles. The zero-order valence-electron chi connectivity index (χ0n) is 15.2. The van der Waals surface area contributed by atoms with Gasteiger partial charge in [-0.05, 0) is 49.7 Å². The summed E-state index contributed by atoms with van der Waals surface area (Å²) in [4.78, 5) is 25.3. The van der Waals surface area contributed by atoms with Crippen LogP contribution in [0.5, 0.6) is 0 Å². The van der Waals surface area contributed by atoms with Gasteiger partial charge in [-0.25, -0.2) is 13.2 Å². The van der Waals surface area contributed by atoms with E-state index >= 15 is 0 Å². The lowest BCUT2D eigenvalue weighted by Gasteiger charge is -2.41. The molecule has 148 valence electrons. The fourth-order valence-electron chi connectivity index (χ4n) is 4.41. The smallest absolute Gasteiger partial charge is 0.242 e. The number of amides is 2. The van der Waals surface area contributed by atoms with Crippen molar-refractivity contribution in [3.63, 3.8) is 0 Å². The minimum Gasteiger partial charge on any atom is -0.347 e. The second-order valence-electron chi connectivity index (χ2n) is 7.55. The van der Waals surface area contributed by atoms with Crippen LogP contribution in [-0.4, -0.2) is 41.4 Å². The topological polar surface area (TPSA) is 75.4 Å². The molecule has 2 fully saturated rings. The first-order valence-corrected chi connectivity index (χ1v) is 9.20. The van der Waals surface area contributed by atoms with Crippen molar-refractivity contribution in [3.8, 4) is 0 Å². The Labute approximate surface area is 156 Å². The van der Waals surface area contributed by atoms with Crippen LogP contribution in [0.1, 0.15) is 38.2 Å². The molecule has 2 amide bonds. The van der Waals surface area contributed by atoms with Crippen LogP contribution in [0.25, 0.3) is 0 Å². The van der Waals surface area contributed by atoms with E-state index in [-0.39, 0.29) is 48.3 Å². The Hall–Kier alpha value is -2.09. The SMILES string of the molecule is CC(=O)NCC(=O)N1C2CCC1CC(C(N)Cc1cc(F)c(F)cc1F)C2. The predicted octanol–water partition coefficient (Wildman–Crippen LogP) is 1.88. The molecule has 0 saturated carbocycles. The first-order valence-electron chi connectivity index (χ1n) is 9.20. The van der Waals surface area contributed by atoms with Crippen LogP contribution in [0.4, 0.5) is 13.2 Å². The highest BCUT2D eigenvalue weighted by molar-refractivity contribution is 5.84. The minimum absolute atomic E-state index is 0.0148. The van der Waals surface area contributed by atoms with E-state index < -0.39 is 23.5 Å². The lowest BCUT2D eigenvalue weighted by molar-refractivity contribution is -0.137. The Balaban J connectivity index is 1.63. The summed E-state index contributed by atoms with van der Waals surface area (Å²) >= 11 is 0. The third kappa shape index (κ3) is 4.26. The van der Waals surface area contributed by atoms with E-state index in [1.54, 1.807) is 0 Å². The molecule has 0 aromatic heterocycles. The number of hydrogen-bond donors (Lipinski definition) is 2. The summed E-state index contributed by atoms with van der Waals surface area (Å²) in [5, 5.41) is 2.53. The van der Waals surface area contributed by atoms with Gasteiger partial charge in [0.2, 0.25) is 11.8 Å². The molecule has 2 aliphatic heterocycles.